The van der Waals surface area contributed by atoms with Crippen molar-refractivity contribution < 1.29 is 4.79 Å². The Kier molecular flexibility index (Phi) is 4.27. The molecule has 0 saturated carbocycles. The highest BCUT2D eigenvalue weighted by Crippen LogP contribution is 2.22. The SMILES string of the molecule is CCNC(=O)c1ccc(NC2CCN(C)C2)c(N)c1. The summed E-state index contributed by atoms with van der Waals surface area (Å²) in [6, 6.07) is 5.86. The van der Waals surface area contributed by atoms with Gasteiger partial charge in [-0.15, -0.1) is 0 Å². The number of benzene rings is 1. The number of rotatable bonds is 4. The molecule has 1 aliphatic heterocycles. The molecule has 1 aromatic rings. The van der Waals surface area contributed by atoms with Crippen LogP contribution in [0.15, 0.2) is 18.2 Å². The normalized spacial score (nSPS) is 19.4. The number of likely N-dealkylation sites (N-methyl/N-ethyl adjacent to an activating group) is 1. The Balaban J connectivity index is 2.04. The van der Waals surface area contributed by atoms with E-state index in [9.17, 15) is 4.79 Å². The molecule has 1 fully saturated rings. The molecule has 4 N–H and O–H groups in total. The molecule has 1 atom stereocenters. The number of likely N-dealkylation sites (tertiary alicyclic amines) is 1. The predicted molar refractivity (Wildman–Crippen MR) is 78.4 cm³/mol. The summed E-state index contributed by atoms with van der Waals surface area (Å²) in [5, 5.41) is 6.21. The topological polar surface area (TPSA) is 70.4 Å². The number of hydrogen-bond acceptors (Lipinski definition) is 4. The molecule has 0 radical (unpaired) electrons. The maximum absolute atomic E-state index is 11.7. The van der Waals surface area contributed by atoms with Crippen LogP contribution in [0.2, 0.25) is 0 Å². The molecule has 2 rings (SSSR count). The monoisotopic (exact) mass is 262 g/mol. The number of nitrogens with two attached hydrogens (primary N) is 1. The van der Waals surface area contributed by atoms with Gasteiger partial charge in [-0.25, -0.2) is 0 Å². The standard InChI is InChI=1S/C14H22N4O/c1-3-16-14(19)10-4-5-13(12(15)8-10)17-11-6-7-18(2)9-11/h4-5,8,11,17H,3,6-7,9,15H2,1-2H3,(H,16,19). The molecule has 1 saturated heterocycles. The molecule has 5 nitrogen and oxygen atoms in total. The van der Waals surface area contributed by atoms with Crippen LogP contribution in [0, 0.1) is 0 Å². The van der Waals surface area contributed by atoms with E-state index >= 15 is 0 Å². The van der Waals surface area contributed by atoms with Crippen LogP contribution < -0.4 is 16.4 Å². The summed E-state index contributed by atoms with van der Waals surface area (Å²) in [7, 11) is 2.11. The number of nitrogens with one attached hydrogen (secondary N) is 2. The zero-order chi connectivity index (χ0) is 13.8. The summed E-state index contributed by atoms with van der Waals surface area (Å²) in [6.45, 7) is 4.65. The quantitative estimate of drug-likeness (QED) is 0.712. The van der Waals surface area contributed by atoms with Gasteiger partial charge in [0.25, 0.3) is 5.91 Å². The van der Waals surface area contributed by atoms with E-state index in [2.05, 4.69) is 22.6 Å². The number of hydrogen-bond donors (Lipinski definition) is 3. The van der Waals surface area contributed by atoms with E-state index in [0.29, 0.717) is 23.8 Å². The van der Waals surface area contributed by atoms with Crippen molar-refractivity contribution in [2.45, 2.75) is 19.4 Å². The Hall–Kier alpha value is -1.75. The second-order valence-corrected chi connectivity index (χ2v) is 5.05. The minimum atomic E-state index is -0.0821. The Labute approximate surface area is 114 Å². The Morgan fingerprint density at radius 2 is 2.32 bits per heavy atom. The first-order valence-electron chi connectivity index (χ1n) is 6.73. The molecular formula is C14H22N4O. The lowest BCUT2D eigenvalue weighted by molar-refractivity contribution is 0.0956. The Bertz CT molecular complexity index is 461. The minimum absolute atomic E-state index is 0.0821. The summed E-state index contributed by atoms with van der Waals surface area (Å²) >= 11 is 0. The lowest BCUT2D eigenvalue weighted by Gasteiger charge is -2.16. The fourth-order valence-corrected chi connectivity index (χ4v) is 2.37. The first-order chi connectivity index (χ1) is 9.10. The minimum Gasteiger partial charge on any atom is -0.397 e. The van der Waals surface area contributed by atoms with Crippen LogP contribution in [0.3, 0.4) is 0 Å². The number of anilines is 2. The lowest BCUT2D eigenvalue weighted by atomic mass is 10.1. The fraction of sp³-hybridized carbons (Fsp3) is 0.500. The third kappa shape index (κ3) is 3.38. The van der Waals surface area contributed by atoms with Gasteiger partial charge >= 0.3 is 0 Å². The van der Waals surface area contributed by atoms with Gasteiger partial charge in [-0.05, 0) is 45.1 Å². The first-order valence-corrected chi connectivity index (χ1v) is 6.73. The molecular weight excluding hydrogens is 240 g/mol. The van der Waals surface area contributed by atoms with E-state index in [1.165, 1.54) is 0 Å². The van der Waals surface area contributed by atoms with Crippen molar-refractivity contribution in [1.29, 1.82) is 0 Å². The molecule has 1 unspecified atom stereocenters. The third-order valence-electron chi connectivity index (χ3n) is 3.40. The molecule has 0 bridgehead atoms. The zero-order valence-electron chi connectivity index (χ0n) is 11.6. The Morgan fingerprint density at radius 1 is 1.53 bits per heavy atom. The van der Waals surface area contributed by atoms with Crippen molar-refractivity contribution in [2.24, 2.45) is 0 Å². The number of nitrogen functional groups attached to an aromatic ring is 1. The van der Waals surface area contributed by atoms with Gasteiger partial charge in [-0.1, -0.05) is 0 Å². The molecule has 104 valence electrons. The summed E-state index contributed by atoms with van der Waals surface area (Å²) in [4.78, 5) is 14.0. The molecule has 1 aromatic carbocycles. The molecule has 1 amide bonds. The van der Waals surface area contributed by atoms with Crippen LogP contribution in [-0.2, 0) is 0 Å². The van der Waals surface area contributed by atoms with Crippen LogP contribution >= 0.6 is 0 Å². The molecule has 0 spiro atoms. The first kappa shape index (κ1) is 13.7. The summed E-state index contributed by atoms with van der Waals surface area (Å²) in [5.74, 6) is -0.0821. The van der Waals surface area contributed by atoms with Crippen LogP contribution in [0.1, 0.15) is 23.7 Å². The van der Waals surface area contributed by atoms with Crippen molar-refractivity contribution in [1.82, 2.24) is 10.2 Å². The molecule has 1 aliphatic rings. The fourth-order valence-electron chi connectivity index (χ4n) is 2.37. The van der Waals surface area contributed by atoms with Gasteiger partial charge in [-0.3, -0.25) is 4.79 Å². The van der Waals surface area contributed by atoms with Crippen LogP contribution in [0.5, 0.6) is 0 Å². The lowest BCUT2D eigenvalue weighted by Crippen LogP contribution is -2.25. The second kappa shape index (κ2) is 5.93. The summed E-state index contributed by atoms with van der Waals surface area (Å²) < 4.78 is 0. The van der Waals surface area contributed by atoms with E-state index in [1.807, 2.05) is 19.1 Å². The van der Waals surface area contributed by atoms with Crippen LogP contribution in [-0.4, -0.2) is 43.5 Å². The Morgan fingerprint density at radius 3 is 2.89 bits per heavy atom. The van der Waals surface area contributed by atoms with Crippen molar-refractivity contribution in [3.63, 3.8) is 0 Å². The van der Waals surface area contributed by atoms with Gasteiger partial charge in [0.2, 0.25) is 0 Å². The number of nitrogens with zero attached hydrogens (tertiary/aromatic N) is 1. The zero-order valence-corrected chi connectivity index (χ0v) is 11.6. The van der Waals surface area contributed by atoms with E-state index in [-0.39, 0.29) is 5.91 Å². The van der Waals surface area contributed by atoms with Crippen LogP contribution in [0.25, 0.3) is 0 Å². The average molecular weight is 262 g/mol. The maximum Gasteiger partial charge on any atom is 0.251 e. The van der Waals surface area contributed by atoms with Crippen molar-refractivity contribution in [3.8, 4) is 0 Å². The molecule has 0 aromatic heterocycles. The van der Waals surface area contributed by atoms with E-state index in [0.717, 1.165) is 25.2 Å². The van der Waals surface area contributed by atoms with Gasteiger partial charge < -0.3 is 21.3 Å². The smallest absolute Gasteiger partial charge is 0.251 e. The van der Waals surface area contributed by atoms with Gasteiger partial charge in [0.1, 0.15) is 0 Å². The van der Waals surface area contributed by atoms with Crippen molar-refractivity contribution >= 4 is 17.3 Å². The number of carbonyl (C=O) groups excluding carboxylic acids is 1. The van der Waals surface area contributed by atoms with Crippen LogP contribution in [0.4, 0.5) is 11.4 Å². The van der Waals surface area contributed by atoms with Gasteiger partial charge in [-0.2, -0.15) is 0 Å². The molecule has 0 aliphatic carbocycles. The van der Waals surface area contributed by atoms with Crippen molar-refractivity contribution in [3.05, 3.63) is 23.8 Å². The molecule has 1 heterocycles. The molecule has 19 heavy (non-hydrogen) atoms. The predicted octanol–water partition coefficient (Wildman–Crippen LogP) is 1.13. The molecule has 5 heteroatoms. The highest BCUT2D eigenvalue weighted by Gasteiger charge is 2.19. The highest BCUT2D eigenvalue weighted by molar-refractivity contribution is 5.96. The third-order valence-corrected chi connectivity index (χ3v) is 3.40. The van der Waals surface area contributed by atoms with Gasteiger partial charge in [0, 0.05) is 24.7 Å². The van der Waals surface area contributed by atoms with Gasteiger partial charge in [0.15, 0.2) is 0 Å². The van der Waals surface area contributed by atoms with Crippen molar-refractivity contribution in [2.75, 3.05) is 37.7 Å². The summed E-state index contributed by atoms with van der Waals surface area (Å²) in [5.41, 5.74) is 8.15. The maximum atomic E-state index is 11.7. The van der Waals surface area contributed by atoms with E-state index in [1.54, 1.807) is 6.07 Å². The van der Waals surface area contributed by atoms with E-state index < -0.39 is 0 Å². The second-order valence-electron chi connectivity index (χ2n) is 5.05. The number of amides is 1. The average Bonchev–Trinajstić information content (AvgIpc) is 2.78. The number of carbonyl (C=O) groups is 1. The largest absolute Gasteiger partial charge is 0.397 e. The van der Waals surface area contributed by atoms with Gasteiger partial charge in [0.05, 0.1) is 11.4 Å². The summed E-state index contributed by atoms with van der Waals surface area (Å²) in [6.07, 6.45) is 1.12. The van der Waals surface area contributed by atoms with E-state index in [4.69, 9.17) is 5.73 Å². The highest BCUT2D eigenvalue weighted by atomic mass is 16.1.